The monoisotopic (exact) mass is 182 g/mol. The predicted molar refractivity (Wildman–Crippen MR) is 49.1 cm³/mol. The summed E-state index contributed by atoms with van der Waals surface area (Å²) in [6.45, 7) is 1.44. The number of rotatable bonds is 3. The average Bonchev–Trinajstić information content (AvgIpc) is 2.17. The van der Waals surface area contributed by atoms with E-state index in [2.05, 4.69) is 0 Å². The molecule has 3 atom stereocenters. The fourth-order valence-corrected chi connectivity index (χ4v) is 1.11. The molecule has 0 saturated carbocycles. The van der Waals surface area contributed by atoms with E-state index in [-0.39, 0.29) is 0 Å². The van der Waals surface area contributed by atoms with E-state index in [4.69, 9.17) is 5.11 Å². The molecule has 3 nitrogen and oxygen atoms in total. The molecule has 1 rings (SSSR count). The van der Waals surface area contributed by atoms with Crippen molar-refractivity contribution in [1.82, 2.24) is 0 Å². The summed E-state index contributed by atoms with van der Waals surface area (Å²) < 4.78 is 0. The summed E-state index contributed by atoms with van der Waals surface area (Å²) >= 11 is 0. The Balaban J connectivity index is 2.73. The normalized spacial score (nSPS) is 17.8. The van der Waals surface area contributed by atoms with Crippen molar-refractivity contribution in [2.75, 3.05) is 0 Å². The van der Waals surface area contributed by atoms with Crippen molar-refractivity contribution in [3.63, 3.8) is 0 Å². The molecule has 3 N–H and O–H groups in total. The van der Waals surface area contributed by atoms with Crippen LogP contribution in [0.3, 0.4) is 0 Å². The number of aliphatic hydroxyl groups is 3. The molecule has 0 spiro atoms. The highest BCUT2D eigenvalue weighted by atomic mass is 16.4. The van der Waals surface area contributed by atoms with Crippen LogP contribution in [0.2, 0.25) is 0 Å². The topological polar surface area (TPSA) is 60.7 Å². The molecule has 1 aromatic rings. The van der Waals surface area contributed by atoms with E-state index >= 15 is 0 Å². The number of hydrogen-bond donors (Lipinski definition) is 3. The van der Waals surface area contributed by atoms with Crippen LogP contribution in [0.15, 0.2) is 30.3 Å². The first-order chi connectivity index (χ1) is 6.13. The molecule has 0 amide bonds. The van der Waals surface area contributed by atoms with E-state index < -0.39 is 18.3 Å². The molecule has 0 unspecified atom stereocenters. The molecular weight excluding hydrogens is 168 g/mol. The zero-order chi connectivity index (χ0) is 9.84. The van der Waals surface area contributed by atoms with Crippen LogP contribution in [0, 0.1) is 0 Å². The van der Waals surface area contributed by atoms with Gasteiger partial charge in [-0.3, -0.25) is 0 Å². The third kappa shape index (κ3) is 2.52. The molecule has 0 radical (unpaired) electrons. The molecule has 72 valence electrons. The largest absolute Gasteiger partial charge is 0.391 e. The van der Waals surface area contributed by atoms with Crippen LogP contribution in [0.4, 0.5) is 0 Å². The minimum Gasteiger partial charge on any atom is -0.391 e. The third-order valence-electron chi connectivity index (χ3n) is 1.96. The second-order valence-corrected chi connectivity index (χ2v) is 3.09. The van der Waals surface area contributed by atoms with E-state index in [0.717, 1.165) is 0 Å². The van der Waals surface area contributed by atoms with Crippen LogP contribution in [0.1, 0.15) is 18.6 Å². The molecular formula is C10H14O3. The predicted octanol–water partition coefficient (Wildman–Crippen LogP) is 0.462. The summed E-state index contributed by atoms with van der Waals surface area (Å²) in [5.41, 5.74) is 0.607. The van der Waals surface area contributed by atoms with E-state index in [1.54, 1.807) is 24.3 Å². The molecule has 0 aliphatic carbocycles. The van der Waals surface area contributed by atoms with Gasteiger partial charge in [0, 0.05) is 0 Å². The average molecular weight is 182 g/mol. The zero-order valence-electron chi connectivity index (χ0n) is 7.46. The highest BCUT2D eigenvalue weighted by molar-refractivity contribution is 5.18. The Morgan fingerprint density at radius 1 is 1.00 bits per heavy atom. The Bertz CT molecular complexity index is 246. The van der Waals surface area contributed by atoms with E-state index in [1.165, 1.54) is 6.92 Å². The summed E-state index contributed by atoms with van der Waals surface area (Å²) in [6.07, 6.45) is -3.10. The SMILES string of the molecule is C[C@@H](O)[C@@H](O)[C@H](O)c1ccccc1. The molecule has 13 heavy (non-hydrogen) atoms. The first kappa shape index (κ1) is 10.2. The number of aliphatic hydroxyl groups excluding tert-OH is 3. The first-order valence-electron chi connectivity index (χ1n) is 4.22. The van der Waals surface area contributed by atoms with Crippen molar-refractivity contribution in [2.45, 2.75) is 25.2 Å². The van der Waals surface area contributed by atoms with Crippen molar-refractivity contribution in [3.8, 4) is 0 Å². The van der Waals surface area contributed by atoms with Crippen molar-refractivity contribution in [2.24, 2.45) is 0 Å². The summed E-state index contributed by atoms with van der Waals surface area (Å²) in [6, 6.07) is 8.78. The molecule has 0 aromatic heterocycles. The fraction of sp³-hybridized carbons (Fsp3) is 0.400. The lowest BCUT2D eigenvalue weighted by molar-refractivity contribution is -0.0531. The lowest BCUT2D eigenvalue weighted by Gasteiger charge is -2.20. The van der Waals surface area contributed by atoms with Gasteiger partial charge in [0.1, 0.15) is 12.2 Å². The Morgan fingerprint density at radius 3 is 2.00 bits per heavy atom. The highest BCUT2D eigenvalue weighted by Crippen LogP contribution is 2.18. The van der Waals surface area contributed by atoms with Gasteiger partial charge in [-0.15, -0.1) is 0 Å². The van der Waals surface area contributed by atoms with Crippen LogP contribution >= 0.6 is 0 Å². The van der Waals surface area contributed by atoms with Crippen molar-refractivity contribution in [1.29, 1.82) is 0 Å². The Morgan fingerprint density at radius 2 is 1.54 bits per heavy atom. The number of hydrogen-bond acceptors (Lipinski definition) is 3. The second kappa shape index (κ2) is 4.37. The van der Waals surface area contributed by atoms with Crippen molar-refractivity contribution in [3.05, 3.63) is 35.9 Å². The van der Waals surface area contributed by atoms with Crippen LogP contribution < -0.4 is 0 Å². The molecule has 0 fully saturated rings. The van der Waals surface area contributed by atoms with Crippen LogP contribution in [-0.4, -0.2) is 27.5 Å². The third-order valence-corrected chi connectivity index (χ3v) is 1.96. The van der Waals surface area contributed by atoms with Gasteiger partial charge in [0.05, 0.1) is 6.10 Å². The number of benzene rings is 1. The van der Waals surface area contributed by atoms with E-state index in [1.807, 2.05) is 6.07 Å². The summed E-state index contributed by atoms with van der Waals surface area (Å²) in [5, 5.41) is 27.9. The van der Waals surface area contributed by atoms with Gasteiger partial charge in [0.15, 0.2) is 0 Å². The van der Waals surface area contributed by atoms with Gasteiger partial charge in [-0.05, 0) is 12.5 Å². The highest BCUT2D eigenvalue weighted by Gasteiger charge is 2.22. The first-order valence-corrected chi connectivity index (χ1v) is 4.22. The standard InChI is InChI=1S/C10H14O3/c1-7(11)9(12)10(13)8-5-3-2-4-6-8/h2-7,9-13H,1H3/t7-,9-,10-/m1/s1. The van der Waals surface area contributed by atoms with Gasteiger partial charge >= 0.3 is 0 Å². The minimum atomic E-state index is -1.14. The van der Waals surface area contributed by atoms with E-state index in [0.29, 0.717) is 5.56 Å². The maximum atomic E-state index is 9.55. The summed E-state index contributed by atoms with van der Waals surface area (Å²) in [4.78, 5) is 0. The molecule has 0 bridgehead atoms. The van der Waals surface area contributed by atoms with Crippen molar-refractivity contribution < 1.29 is 15.3 Å². The Labute approximate surface area is 77.3 Å². The fourth-order valence-electron chi connectivity index (χ4n) is 1.11. The Hall–Kier alpha value is -0.900. The zero-order valence-corrected chi connectivity index (χ0v) is 7.46. The van der Waals surface area contributed by atoms with Gasteiger partial charge in [-0.2, -0.15) is 0 Å². The van der Waals surface area contributed by atoms with Gasteiger partial charge in [0.25, 0.3) is 0 Å². The summed E-state index contributed by atoms with van der Waals surface area (Å²) in [5.74, 6) is 0. The quantitative estimate of drug-likeness (QED) is 0.636. The lowest BCUT2D eigenvalue weighted by Crippen LogP contribution is -2.29. The molecule has 0 aliphatic heterocycles. The maximum absolute atomic E-state index is 9.55. The molecule has 0 heterocycles. The Kier molecular flexibility index (Phi) is 3.42. The minimum absolute atomic E-state index is 0.607. The molecule has 0 aliphatic rings. The van der Waals surface area contributed by atoms with Crippen LogP contribution in [0.5, 0.6) is 0 Å². The van der Waals surface area contributed by atoms with Gasteiger partial charge in [-0.1, -0.05) is 30.3 Å². The maximum Gasteiger partial charge on any atom is 0.110 e. The van der Waals surface area contributed by atoms with Gasteiger partial charge in [0.2, 0.25) is 0 Å². The van der Waals surface area contributed by atoms with Gasteiger partial charge in [-0.25, -0.2) is 0 Å². The van der Waals surface area contributed by atoms with Crippen LogP contribution in [0.25, 0.3) is 0 Å². The summed E-state index contributed by atoms with van der Waals surface area (Å²) in [7, 11) is 0. The lowest BCUT2D eigenvalue weighted by atomic mass is 10.0. The van der Waals surface area contributed by atoms with Crippen LogP contribution in [-0.2, 0) is 0 Å². The van der Waals surface area contributed by atoms with E-state index in [9.17, 15) is 10.2 Å². The van der Waals surface area contributed by atoms with Crippen molar-refractivity contribution >= 4 is 0 Å². The molecule has 0 saturated heterocycles. The smallest absolute Gasteiger partial charge is 0.110 e. The second-order valence-electron chi connectivity index (χ2n) is 3.09. The van der Waals surface area contributed by atoms with Gasteiger partial charge < -0.3 is 15.3 Å². The molecule has 3 heteroatoms. The molecule has 1 aromatic carbocycles.